The van der Waals surface area contributed by atoms with Crippen LogP contribution in [0, 0.1) is 17.8 Å². The first-order chi connectivity index (χ1) is 23.3. The lowest BCUT2D eigenvalue weighted by atomic mass is 9.87. The molecule has 1 saturated heterocycles. The summed E-state index contributed by atoms with van der Waals surface area (Å²) in [4.78, 5) is 48.1. The van der Waals surface area contributed by atoms with E-state index in [4.69, 9.17) is 19.9 Å². The molecule has 274 valence electrons. The van der Waals surface area contributed by atoms with E-state index >= 15 is 0 Å². The van der Waals surface area contributed by atoms with E-state index in [1.54, 1.807) is 27.3 Å². The molecule has 2 aliphatic carbocycles. The highest BCUT2D eigenvalue weighted by atomic mass is 35.5. The highest BCUT2D eigenvalue weighted by molar-refractivity contribution is 7.91. The number of halogens is 1. The Hall–Kier alpha value is -3.46. The van der Waals surface area contributed by atoms with Crippen molar-refractivity contribution in [2.24, 2.45) is 23.5 Å². The number of methoxy groups -OCH3 is 2. The number of nitrogens with two attached hydrogens (primary N) is 1. The van der Waals surface area contributed by atoms with Crippen LogP contribution in [-0.4, -0.2) is 91.9 Å². The molecule has 0 spiro atoms. The fourth-order valence-corrected chi connectivity index (χ4v) is 8.51. The average Bonchev–Trinajstić information content (AvgIpc) is 3.96. The molecule has 1 aromatic heterocycles. The molecule has 0 radical (unpaired) electrons. The van der Waals surface area contributed by atoms with Crippen molar-refractivity contribution >= 4 is 50.9 Å². The van der Waals surface area contributed by atoms with Crippen LogP contribution in [0.4, 0.5) is 0 Å². The van der Waals surface area contributed by atoms with Gasteiger partial charge < -0.3 is 30.2 Å². The van der Waals surface area contributed by atoms with Crippen molar-refractivity contribution < 1.29 is 37.0 Å². The molecule has 3 amide bonds. The highest BCUT2D eigenvalue weighted by Crippen LogP contribution is 2.47. The third kappa shape index (κ3) is 7.30. The molecule has 1 aromatic carbocycles. The summed E-state index contributed by atoms with van der Waals surface area (Å²) in [6.07, 6.45) is 8.23. The summed E-state index contributed by atoms with van der Waals surface area (Å²) in [5.41, 5.74) is 5.20. The summed E-state index contributed by atoms with van der Waals surface area (Å²) in [6, 6.07) is 5.50. The molecule has 2 saturated carbocycles. The first-order valence-corrected chi connectivity index (χ1v) is 18.5. The van der Waals surface area contributed by atoms with Gasteiger partial charge in [-0.2, -0.15) is 0 Å². The van der Waals surface area contributed by atoms with Crippen molar-refractivity contribution in [3.8, 4) is 11.6 Å². The predicted molar refractivity (Wildman–Crippen MR) is 189 cm³/mol. The molecule has 1 unspecified atom stereocenters. The Morgan fingerprint density at radius 2 is 1.88 bits per heavy atom. The maximum absolute atomic E-state index is 14.2. The minimum absolute atomic E-state index is 0. The van der Waals surface area contributed by atoms with Crippen molar-refractivity contribution in [3.63, 3.8) is 0 Å². The van der Waals surface area contributed by atoms with Gasteiger partial charge in [-0.05, 0) is 57.4 Å². The lowest BCUT2D eigenvalue weighted by Crippen LogP contribution is -2.58. The van der Waals surface area contributed by atoms with Crippen LogP contribution in [0.15, 0.2) is 42.6 Å². The third-order valence-electron chi connectivity index (χ3n) is 10.7. The van der Waals surface area contributed by atoms with Gasteiger partial charge in [-0.1, -0.05) is 37.3 Å². The summed E-state index contributed by atoms with van der Waals surface area (Å²) < 4.78 is 44.8. The van der Waals surface area contributed by atoms with Crippen LogP contribution in [0.3, 0.4) is 0 Å². The van der Waals surface area contributed by atoms with Gasteiger partial charge in [0.2, 0.25) is 27.7 Å². The number of amides is 3. The maximum Gasteiger partial charge on any atom is 0.259 e. The number of benzene rings is 1. The van der Waals surface area contributed by atoms with Gasteiger partial charge in [0.05, 0.1) is 37.2 Å². The van der Waals surface area contributed by atoms with E-state index in [1.165, 1.54) is 4.90 Å². The number of carbonyl (C=O) groups is 3. The van der Waals surface area contributed by atoms with Crippen LogP contribution in [0.5, 0.6) is 11.6 Å². The Morgan fingerprint density at radius 1 is 1.16 bits per heavy atom. The molecule has 4 N–H and O–H groups in total. The molecule has 2 aliphatic heterocycles. The molecule has 0 bridgehead atoms. The quantitative estimate of drug-likeness (QED) is 0.342. The third-order valence-corrected chi connectivity index (χ3v) is 12.9. The molecular formula is C35H48ClN5O8S. The number of hydrogen-bond acceptors (Lipinski definition) is 10. The smallest absolute Gasteiger partial charge is 0.259 e. The van der Waals surface area contributed by atoms with Crippen LogP contribution in [-0.2, 0) is 29.1 Å². The molecule has 3 heterocycles. The lowest BCUT2D eigenvalue weighted by molar-refractivity contribution is -0.141. The van der Waals surface area contributed by atoms with Crippen LogP contribution in [0.25, 0.3) is 10.8 Å². The summed E-state index contributed by atoms with van der Waals surface area (Å²) in [5, 5.41) is 4.41. The number of aromatic nitrogens is 1. The van der Waals surface area contributed by atoms with Gasteiger partial charge in [0.1, 0.15) is 23.4 Å². The number of allylic oxidation sites excluding steroid dienone is 1. The van der Waals surface area contributed by atoms with Gasteiger partial charge in [0, 0.05) is 36.1 Å². The molecule has 4 aliphatic rings. The molecular weight excluding hydrogens is 686 g/mol. The minimum atomic E-state index is -3.95. The number of fused-ring (bicyclic) bond motifs is 3. The monoisotopic (exact) mass is 733 g/mol. The first-order valence-electron chi connectivity index (χ1n) is 17.0. The molecule has 2 aromatic rings. The van der Waals surface area contributed by atoms with Crippen LogP contribution in [0.1, 0.15) is 58.8 Å². The van der Waals surface area contributed by atoms with Crippen LogP contribution >= 0.6 is 12.4 Å². The predicted octanol–water partition coefficient (Wildman–Crippen LogP) is 2.85. The Morgan fingerprint density at radius 3 is 2.56 bits per heavy atom. The normalized spacial score (nSPS) is 31.5. The summed E-state index contributed by atoms with van der Waals surface area (Å²) >= 11 is 0. The number of pyridine rings is 1. The van der Waals surface area contributed by atoms with E-state index < -0.39 is 62.1 Å². The fraction of sp³-hybridized carbons (Fsp3) is 0.600. The summed E-state index contributed by atoms with van der Waals surface area (Å²) in [6.45, 7) is 4.03. The second-order valence-corrected chi connectivity index (χ2v) is 16.6. The Labute approximate surface area is 299 Å². The Bertz CT molecular complexity index is 1750. The molecule has 6 rings (SSSR count). The van der Waals surface area contributed by atoms with Gasteiger partial charge in [0.25, 0.3) is 5.91 Å². The molecule has 3 fully saturated rings. The largest absolute Gasteiger partial charge is 0.494 e. The zero-order valence-electron chi connectivity index (χ0n) is 28.9. The van der Waals surface area contributed by atoms with Crippen LogP contribution in [0.2, 0.25) is 0 Å². The van der Waals surface area contributed by atoms with Gasteiger partial charge in [-0.25, -0.2) is 13.4 Å². The van der Waals surface area contributed by atoms with E-state index in [9.17, 15) is 22.8 Å². The Kier molecular flexibility index (Phi) is 11.1. The highest BCUT2D eigenvalue weighted by Gasteiger charge is 2.63. The van der Waals surface area contributed by atoms with E-state index in [1.807, 2.05) is 36.4 Å². The van der Waals surface area contributed by atoms with Gasteiger partial charge in [-0.15, -0.1) is 12.4 Å². The standard InChI is InChI=1S/C35H47N5O8S.ClH/c1-21-9-5-6-10-23-17-35(23,33(43)39-49(44,45)34(2)13-14-34)38-30(41)27-16-24(19-40(27)32(42)29(36)22(15-21)20-46-3)48-31-26-12-8-7-11-25(26)28(47-4)18-37-31;/h6-8,10-12,18,21-24,27,29H,5,9,13-17,19-20,36H2,1-4H3,(H,38,41)(H,39,43);1H/b10-6-;/t21?,22-,23+,24+,27-,29-,35+;/m0./s1. The molecule has 15 heteroatoms. The number of hydrogen-bond donors (Lipinski definition) is 3. The number of sulfonamides is 1. The van der Waals surface area contributed by atoms with Gasteiger partial charge >= 0.3 is 0 Å². The van der Waals surface area contributed by atoms with E-state index in [-0.39, 0.29) is 50.2 Å². The summed E-state index contributed by atoms with van der Waals surface area (Å²) in [7, 11) is -0.819. The number of rotatable bonds is 8. The topological polar surface area (TPSA) is 179 Å². The molecule has 50 heavy (non-hydrogen) atoms. The number of ether oxygens (including phenoxy) is 3. The van der Waals surface area contributed by atoms with E-state index in [0.717, 1.165) is 11.8 Å². The van der Waals surface area contributed by atoms with Crippen molar-refractivity contribution in [1.82, 2.24) is 19.9 Å². The maximum atomic E-state index is 14.2. The van der Waals surface area contributed by atoms with Crippen molar-refractivity contribution in [2.75, 3.05) is 27.4 Å². The zero-order chi connectivity index (χ0) is 35.1. The number of carbonyl (C=O) groups excluding carboxylic acids is 3. The molecule has 13 nitrogen and oxygen atoms in total. The van der Waals surface area contributed by atoms with E-state index in [0.29, 0.717) is 42.7 Å². The fourth-order valence-electron chi connectivity index (χ4n) is 7.20. The van der Waals surface area contributed by atoms with Crippen LogP contribution < -0.4 is 25.2 Å². The Balaban J connectivity index is 0.00000486. The molecule has 7 atom stereocenters. The van der Waals surface area contributed by atoms with E-state index in [2.05, 4.69) is 21.9 Å². The summed E-state index contributed by atoms with van der Waals surface area (Å²) in [5.74, 6) is -1.35. The lowest BCUT2D eigenvalue weighted by Gasteiger charge is -2.31. The zero-order valence-corrected chi connectivity index (χ0v) is 30.6. The van der Waals surface area contributed by atoms with Crippen molar-refractivity contribution in [2.45, 2.75) is 87.3 Å². The van der Waals surface area contributed by atoms with Crippen molar-refractivity contribution in [1.29, 1.82) is 0 Å². The average molecular weight is 734 g/mol. The number of nitrogens with zero attached hydrogens (tertiary/aromatic N) is 2. The number of nitrogens with one attached hydrogen (secondary N) is 2. The van der Waals surface area contributed by atoms with Gasteiger partial charge in [-0.3, -0.25) is 19.1 Å². The minimum Gasteiger partial charge on any atom is -0.494 e. The first kappa shape index (κ1) is 37.8. The van der Waals surface area contributed by atoms with Gasteiger partial charge in [0.15, 0.2) is 0 Å². The second kappa shape index (κ2) is 14.6. The SMILES string of the molecule is COC[C@@H]1CC(C)CC/C=C\[C@@H]2C[C@@]2(C(=O)NS(=O)(=O)C2(C)CC2)NC(=O)[C@@H]2C[C@@H](Oc3ncc(OC)c4ccccc34)CN2C(=O)[C@H]1N.Cl. The van der Waals surface area contributed by atoms with Crippen molar-refractivity contribution in [3.05, 3.63) is 42.6 Å². The second-order valence-electron chi connectivity index (χ2n) is 14.4.